The lowest BCUT2D eigenvalue weighted by Gasteiger charge is -2.28. The van der Waals surface area contributed by atoms with Crippen molar-refractivity contribution in [2.24, 2.45) is 0 Å². The summed E-state index contributed by atoms with van der Waals surface area (Å²) in [7, 11) is 1.78. The maximum Gasteiger partial charge on any atom is 0.267 e. The first kappa shape index (κ1) is 14.4. The topological polar surface area (TPSA) is 38.8 Å². The smallest absolute Gasteiger partial charge is 0.267 e. The molecule has 1 aromatic carbocycles. The number of benzene rings is 1. The summed E-state index contributed by atoms with van der Waals surface area (Å²) in [5, 5.41) is 2.03. The number of hydrogen-bond acceptors (Lipinski definition) is 4. The highest BCUT2D eigenvalue weighted by Gasteiger charge is 2.29. The summed E-state index contributed by atoms with van der Waals surface area (Å²) >= 11 is 5.03. The van der Waals surface area contributed by atoms with Gasteiger partial charge >= 0.3 is 0 Å². The van der Waals surface area contributed by atoms with Crippen LogP contribution in [0.3, 0.4) is 0 Å². The minimum atomic E-state index is -0.591. The van der Waals surface area contributed by atoms with Gasteiger partial charge in [-0.05, 0) is 45.1 Å². The zero-order chi connectivity index (χ0) is 14.8. The zero-order valence-electron chi connectivity index (χ0n) is 11.4. The van der Waals surface area contributed by atoms with E-state index in [-0.39, 0.29) is 12.5 Å². The molecule has 3 rings (SSSR count). The van der Waals surface area contributed by atoms with E-state index in [1.54, 1.807) is 23.3 Å². The van der Waals surface area contributed by atoms with Gasteiger partial charge in [0.05, 0.1) is 3.79 Å². The Bertz CT molecular complexity index is 658. The Labute approximate surface area is 135 Å². The van der Waals surface area contributed by atoms with Crippen LogP contribution in [-0.2, 0) is 11.3 Å². The van der Waals surface area contributed by atoms with Crippen LogP contribution in [0.25, 0.3) is 0 Å². The van der Waals surface area contributed by atoms with Gasteiger partial charge in [-0.15, -0.1) is 11.3 Å². The first-order valence-electron chi connectivity index (χ1n) is 6.50. The third kappa shape index (κ3) is 3.22. The molecule has 6 heteroatoms. The summed E-state index contributed by atoms with van der Waals surface area (Å²) in [6, 6.07) is 9.40. The van der Waals surface area contributed by atoms with E-state index in [0.717, 1.165) is 9.35 Å². The quantitative estimate of drug-likeness (QED) is 0.835. The average molecular weight is 368 g/mol. The van der Waals surface area contributed by atoms with Gasteiger partial charge in [-0.25, -0.2) is 0 Å². The van der Waals surface area contributed by atoms with Gasteiger partial charge in [-0.2, -0.15) is 0 Å². The molecule has 1 aliphatic heterocycles. The number of amides is 1. The number of nitrogens with zero attached hydrogens (tertiary/aromatic N) is 1. The van der Waals surface area contributed by atoms with Gasteiger partial charge < -0.3 is 14.4 Å². The van der Waals surface area contributed by atoms with E-state index < -0.39 is 6.10 Å². The molecule has 1 aliphatic rings. The van der Waals surface area contributed by atoms with Gasteiger partial charge in [0, 0.05) is 13.6 Å². The number of halogens is 1. The standard InChI is InChI=1S/C15H14BrNO3S/c1-17(7-10-6-14(16)21-9-10)15(18)13-8-19-11-4-2-3-5-12(11)20-13/h2-6,9,13H,7-8H2,1H3. The number of likely N-dealkylation sites (N-methyl/N-ethyl adjacent to an activating group) is 1. The SMILES string of the molecule is CN(Cc1csc(Br)c1)C(=O)C1COc2ccccc2O1. The molecule has 0 saturated heterocycles. The van der Waals surface area contributed by atoms with Crippen molar-refractivity contribution in [3.8, 4) is 11.5 Å². The molecular weight excluding hydrogens is 354 g/mol. The molecule has 0 spiro atoms. The van der Waals surface area contributed by atoms with Crippen molar-refractivity contribution in [2.45, 2.75) is 12.6 Å². The van der Waals surface area contributed by atoms with Crippen LogP contribution < -0.4 is 9.47 Å². The second-order valence-electron chi connectivity index (χ2n) is 4.82. The van der Waals surface area contributed by atoms with E-state index in [4.69, 9.17) is 9.47 Å². The summed E-state index contributed by atoms with van der Waals surface area (Å²) < 4.78 is 12.4. The molecule has 0 N–H and O–H groups in total. The summed E-state index contributed by atoms with van der Waals surface area (Å²) in [6.45, 7) is 0.802. The van der Waals surface area contributed by atoms with Gasteiger partial charge in [-0.3, -0.25) is 4.79 Å². The molecule has 0 aliphatic carbocycles. The van der Waals surface area contributed by atoms with Crippen LogP contribution in [0.5, 0.6) is 11.5 Å². The van der Waals surface area contributed by atoms with Crippen LogP contribution in [0.4, 0.5) is 0 Å². The first-order chi connectivity index (χ1) is 10.1. The highest BCUT2D eigenvalue weighted by atomic mass is 79.9. The van der Waals surface area contributed by atoms with Crippen LogP contribution in [0.2, 0.25) is 0 Å². The lowest BCUT2D eigenvalue weighted by Crippen LogP contribution is -2.44. The summed E-state index contributed by atoms with van der Waals surface area (Å²) in [5.41, 5.74) is 1.10. The molecule has 0 saturated carbocycles. The zero-order valence-corrected chi connectivity index (χ0v) is 13.8. The lowest BCUT2D eigenvalue weighted by molar-refractivity contribution is -0.140. The largest absolute Gasteiger partial charge is 0.485 e. The van der Waals surface area contributed by atoms with Crippen LogP contribution in [0, 0.1) is 0 Å². The van der Waals surface area contributed by atoms with Crippen LogP contribution >= 0.6 is 27.3 Å². The van der Waals surface area contributed by atoms with Crippen LogP contribution in [-0.4, -0.2) is 30.6 Å². The Morgan fingerprint density at radius 2 is 2.19 bits per heavy atom. The van der Waals surface area contributed by atoms with E-state index in [2.05, 4.69) is 15.9 Å². The fraction of sp³-hybridized carbons (Fsp3) is 0.267. The molecule has 1 aromatic heterocycles. The molecule has 0 radical (unpaired) electrons. The molecule has 21 heavy (non-hydrogen) atoms. The molecule has 110 valence electrons. The van der Waals surface area contributed by atoms with E-state index in [1.807, 2.05) is 35.7 Å². The highest BCUT2D eigenvalue weighted by molar-refractivity contribution is 9.11. The molecule has 0 fully saturated rings. The Hall–Kier alpha value is -1.53. The predicted molar refractivity (Wildman–Crippen MR) is 84.8 cm³/mol. The van der Waals surface area contributed by atoms with Crippen molar-refractivity contribution in [1.82, 2.24) is 4.90 Å². The molecule has 2 heterocycles. The Balaban J connectivity index is 1.66. The molecule has 1 atom stereocenters. The molecule has 1 unspecified atom stereocenters. The van der Waals surface area contributed by atoms with Crippen LogP contribution in [0.15, 0.2) is 39.5 Å². The van der Waals surface area contributed by atoms with Gasteiger partial charge in [-0.1, -0.05) is 12.1 Å². The molecular formula is C15H14BrNO3S. The number of thiophene rings is 1. The first-order valence-corrected chi connectivity index (χ1v) is 8.17. The molecule has 4 nitrogen and oxygen atoms in total. The summed E-state index contributed by atoms with van der Waals surface area (Å²) in [4.78, 5) is 14.1. The average Bonchev–Trinajstić information content (AvgIpc) is 2.91. The van der Waals surface area contributed by atoms with Gasteiger partial charge in [0.25, 0.3) is 5.91 Å². The van der Waals surface area contributed by atoms with Crippen molar-refractivity contribution in [3.05, 3.63) is 45.1 Å². The summed E-state index contributed by atoms with van der Waals surface area (Å²) in [6.07, 6.45) is -0.591. The van der Waals surface area contributed by atoms with Crippen molar-refractivity contribution >= 4 is 33.2 Å². The Kier molecular flexibility index (Phi) is 4.17. The predicted octanol–water partition coefficient (Wildman–Crippen LogP) is 3.31. The Morgan fingerprint density at radius 3 is 2.90 bits per heavy atom. The van der Waals surface area contributed by atoms with Gasteiger partial charge in [0.2, 0.25) is 6.10 Å². The fourth-order valence-corrected chi connectivity index (χ4v) is 3.37. The van der Waals surface area contributed by atoms with E-state index in [0.29, 0.717) is 18.0 Å². The third-order valence-corrected chi connectivity index (χ3v) is 4.76. The van der Waals surface area contributed by atoms with E-state index >= 15 is 0 Å². The minimum Gasteiger partial charge on any atom is -0.485 e. The molecule has 1 amide bonds. The number of fused-ring (bicyclic) bond motifs is 1. The molecule has 0 bridgehead atoms. The fourth-order valence-electron chi connectivity index (χ4n) is 2.17. The third-order valence-electron chi connectivity index (χ3n) is 3.20. The number of hydrogen-bond donors (Lipinski definition) is 0. The van der Waals surface area contributed by atoms with Crippen molar-refractivity contribution in [1.29, 1.82) is 0 Å². The van der Waals surface area contributed by atoms with Crippen molar-refractivity contribution in [2.75, 3.05) is 13.7 Å². The normalized spacial score (nSPS) is 16.6. The monoisotopic (exact) mass is 367 g/mol. The van der Waals surface area contributed by atoms with Crippen molar-refractivity contribution < 1.29 is 14.3 Å². The summed E-state index contributed by atoms with van der Waals surface area (Å²) in [5.74, 6) is 1.23. The van der Waals surface area contributed by atoms with Gasteiger partial charge in [0.1, 0.15) is 6.61 Å². The number of para-hydroxylation sites is 2. The second-order valence-corrected chi connectivity index (χ2v) is 7.11. The lowest BCUT2D eigenvalue weighted by atomic mass is 10.2. The second kappa shape index (κ2) is 6.07. The minimum absolute atomic E-state index is 0.0770. The highest BCUT2D eigenvalue weighted by Crippen LogP contribution is 2.31. The van der Waals surface area contributed by atoms with Gasteiger partial charge in [0.15, 0.2) is 11.5 Å². The van der Waals surface area contributed by atoms with E-state index in [1.165, 1.54) is 0 Å². The maximum atomic E-state index is 12.4. The van der Waals surface area contributed by atoms with E-state index in [9.17, 15) is 4.79 Å². The number of carbonyl (C=O) groups excluding carboxylic acids is 1. The Morgan fingerprint density at radius 1 is 1.43 bits per heavy atom. The number of carbonyl (C=O) groups is 1. The number of ether oxygens (including phenoxy) is 2. The number of rotatable bonds is 3. The maximum absolute atomic E-state index is 12.4. The molecule has 2 aromatic rings. The van der Waals surface area contributed by atoms with Crippen molar-refractivity contribution in [3.63, 3.8) is 0 Å². The van der Waals surface area contributed by atoms with Crippen LogP contribution in [0.1, 0.15) is 5.56 Å².